The number of hydroxylamine groups is 2. The average Bonchev–Trinajstić information content (AvgIpc) is 2.35. The molecule has 8 nitrogen and oxygen atoms in total. The Kier molecular flexibility index (Phi) is 7.31. The molecule has 152 valence electrons. The molecule has 0 bridgehead atoms. The Morgan fingerprint density at radius 1 is 0.760 bits per heavy atom. The van der Waals surface area contributed by atoms with E-state index in [9.17, 15) is 53.6 Å². The second-order valence-electron chi connectivity index (χ2n) is 4.87. The van der Waals surface area contributed by atoms with Crippen LogP contribution in [0.5, 0.6) is 0 Å². The number of sulfonamides is 2. The Bertz CT molecular complexity index is 607. The summed E-state index contributed by atoms with van der Waals surface area (Å²) in [5.41, 5.74) is -16.3. The summed E-state index contributed by atoms with van der Waals surface area (Å²) >= 11 is 0. The molecule has 0 rings (SSSR count). The summed E-state index contributed by atoms with van der Waals surface area (Å²) in [7, 11) is -14.3. The first-order chi connectivity index (χ1) is 10.9. The quantitative estimate of drug-likeness (QED) is 0.348. The van der Waals surface area contributed by atoms with Crippen molar-refractivity contribution in [1.82, 2.24) is 8.94 Å². The van der Waals surface area contributed by atoms with Gasteiger partial charge >= 0.3 is 31.1 Å². The highest BCUT2D eigenvalue weighted by atomic mass is 32.3. The highest BCUT2D eigenvalue weighted by Gasteiger charge is 2.68. The smallest absolute Gasteiger partial charge is 0.288 e. The fourth-order valence-corrected chi connectivity index (χ4v) is 5.47. The van der Waals surface area contributed by atoms with Gasteiger partial charge in [-0.25, -0.2) is 16.8 Å². The lowest BCUT2D eigenvalue weighted by molar-refractivity contribution is -0.381. The summed E-state index contributed by atoms with van der Waals surface area (Å²) in [6.45, 7) is 2.32. The first-order valence-corrected chi connectivity index (χ1v) is 9.42. The normalized spacial score (nSPS) is 15.2. The van der Waals surface area contributed by atoms with Crippen LogP contribution in [-0.2, 0) is 20.0 Å². The van der Waals surface area contributed by atoms with Crippen molar-refractivity contribution in [3.63, 3.8) is 0 Å². The molecule has 0 aliphatic heterocycles. The van der Waals surface area contributed by atoms with Crippen molar-refractivity contribution in [1.29, 1.82) is 0 Å². The van der Waals surface area contributed by atoms with Crippen LogP contribution in [0.1, 0.15) is 39.5 Å². The maximum atomic E-state index is 12.8. The summed E-state index contributed by atoms with van der Waals surface area (Å²) in [5.74, 6) is 0. The van der Waals surface area contributed by atoms with Crippen LogP contribution in [0.4, 0.5) is 26.3 Å². The van der Waals surface area contributed by atoms with Crippen molar-refractivity contribution in [2.24, 2.45) is 0 Å². The van der Waals surface area contributed by atoms with Crippen molar-refractivity contribution in [3.05, 3.63) is 0 Å². The van der Waals surface area contributed by atoms with E-state index in [2.05, 4.69) is 0 Å². The molecule has 0 aliphatic rings. The molecule has 0 heterocycles. The second kappa shape index (κ2) is 7.51. The molecule has 0 aromatic heterocycles. The fraction of sp³-hybridized carbons (Fsp3) is 1.00. The largest absolute Gasteiger partial charge is 0.512 e. The highest BCUT2D eigenvalue weighted by Crippen LogP contribution is 2.44. The van der Waals surface area contributed by atoms with Crippen LogP contribution in [0.15, 0.2) is 0 Å². The number of hydrogen-bond acceptors (Lipinski definition) is 7. The first-order valence-electron chi connectivity index (χ1n) is 6.54. The van der Waals surface area contributed by atoms with Crippen LogP contribution < -0.4 is 0 Å². The third-order valence-electron chi connectivity index (χ3n) is 3.03. The van der Waals surface area contributed by atoms with Crippen LogP contribution in [-0.4, -0.2) is 52.9 Å². The minimum absolute atomic E-state index is 0.380. The number of rotatable bonds is 8. The van der Waals surface area contributed by atoms with Crippen LogP contribution in [0.25, 0.3) is 0 Å². The summed E-state index contributed by atoms with van der Waals surface area (Å²) in [6.07, 6.45) is -2.87. The maximum absolute atomic E-state index is 12.8. The average molecular weight is 426 g/mol. The summed E-state index contributed by atoms with van der Waals surface area (Å²) in [5, 5.41) is 17.2. The van der Waals surface area contributed by atoms with Crippen LogP contribution in [0.3, 0.4) is 0 Å². The van der Waals surface area contributed by atoms with E-state index in [1.807, 2.05) is 0 Å². The number of alkyl halides is 6. The van der Waals surface area contributed by atoms with Crippen molar-refractivity contribution >= 4 is 20.0 Å². The Hall–Kier alpha value is -0.680. The van der Waals surface area contributed by atoms with E-state index in [1.54, 1.807) is 0 Å². The van der Waals surface area contributed by atoms with Gasteiger partial charge < -0.3 is 0 Å². The highest BCUT2D eigenvalue weighted by molar-refractivity contribution is 8.04. The molecule has 2 N–H and O–H groups in total. The molecule has 0 radical (unpaired) electrons. The molecule has 0 saturated heterocycles. The van der Waals surface area contributed by atoms with Gasteiger partial charge in [0, 0.05) is 0 Å². The first kappa shape index (κ1) is 24.3. The minimum Gasteiger partial charge on any atom is -0.288 e. The molecule has 0 unspecified atom stereocenters. The van der Waals surface area contributed by atoms with E-state index in [0.717, 1.165) is 13.8 Å². The third kappa shape index (κ3) is 4.36. The van der Waals surface area contributed by atoms with Gasteiger partial charge in [-0.3, -0.25) is 10.4 Å². The standard InChI is InChI=1S/C9H16F6N2O6S2/c1-3-5-7(6-4-2,16(18)19)17(24(20,21)8(10,11)12)25(22,23)9(13,14)15/h18-19H,3-6H2,1-2H3. The van der Waals surface area contributed by atoms with Gasteiger partial charge in [0.05, 0.1) is 0 Å². The number of hydrogen-bond donors (Lipinski definition) is 2. The molecule has 0 aromatic carbocycles. The van der Waals surface area contributed by atoms with E-state index in [-0.39, 0.29) is 12.8 Å². The lowest BCUT2D eigenvalue weighted by Gasteiger charge is -2.43. The topological polar surface area (TPSA) is 115 Å². The second-order valence-corrected chi connectivity index (χ2v) is 8.66. The molecule has 25 heavy (non-hydrogen) atoms. The molecule has 0 fully saturated rings. The summed E-state index contributed by atoms with van der Waals surface area (Å²) in [6, 6.07) is 0. The number of halogens is 6. The molecule has 0 spiro atoms. The monoisotopic (exact) mass is 426 g/mol. The van der Waals surface area contributed by atoms with E-state index in [4.69, 9.17) is 0 Å². The van der Waals surface area contributed by atoms with Crippen molar-refractivity contribution in [2.45, 2.75) is 56.2 Å². The van der Waals surface area contributed by atoms with E-state index < -0.39 is 58.5 Å². The minimum atomic E-state index is -7.16. The summed E-state index contributed by atoms with van der Waals surface area (Å²) in [4.78, 5) is 0. The maximum Gasteiger partial charge on any atom is 0.512 e. The zero-order chi connectivity index (χ0) is 20.5. The molecule has 0 amide bonds. The zero-order valence-electron chi connectivity index (χ0n) is 12.8. The fourth-order valence-electron chi connectivity index (χ4n) is 2.15. The Morgan fingerprint density at radius 3 is 1.20 bits per heavy atom. The van der Waals surface area contributed by atoms with Crippen molar-refractivity contribution < 1.29 is 53.6 Å². The lowest BCUT2D eigenvalue weighted by atomic mass is 10.0. The van der Waals surface area contributed by atoms with E-state index in [0.29, 0.717) is 0 Å². The van der Waals surface area contributed by atoms with Crippen LogP contribution in [0.2, 0.25) is 0 Å². The van der Waals surface area contributed by atoms with Gasteiger partial charge in [0.2, 0.25) is 0 Å². The van der Waals surface area contributed by atoms with Crippen molar-refractivity contribution in [3.8, 4) is 0 Å². The predicted molar refractivity (Wildman–Crippen MR) is 69.7 cm³/mol. The van der Waals surface area contributed by atoms with Gasteiger partial charge in [-0.2, -0.15) is 26.3 Å². The molecule has 0 saturated carbocycles. The third-order valence-corrected chi connectivity index (χ3v) is 6.93. The Morgan fingerprint density at radius 2 is 1.04 bits per heavy atom. The van der Waals surface area contributed by atoms with Gasteiger partial charge in [-0.15, -0.1) is 0 Å². The molecule has 0 aromatic rings. The predicted octanol–water partition coefficient (Wildman–Crippen LogP) is 2.36. The van der Waals surface area contributed by atoms with Gasteiger partial charge in [-0.1, -0.05) is 30.4 Å². The SMILES string of the molecule is CCCC(CCC)(N(O)O)N(S(=O)(=O)C(F)(F)F)S(=O)(=O)C(F)(F)F. The molecular weight excluding hydrogens is 410 g/mol. The molecule has 0 aliphatic carbocycles. The van der Waals surface area contributed by atoms with E-state index in [1.165, 1.54) is 0 Å². The van der Waals surface area contributed by atoms with Gasteiger partial charge in [0.25, 0.3) is 0 Å². The molecular formula is C9H16F6N2O6S2. The Balaban J connectivity index is 7.11. The zero-order valence-corrected chi connectivity index (χ0v) is 14.5. The summed E-state index contributed by atoms with van der Waals surface area (Å²) < 4.78 is 122. The van der Waals surface area contributed by atoms with Gasteiger partial charge in [0.1, 0.15) is 0 Å². The van der Waals surface area contributed by atoms with E-state index >= 15 is 0 Å². The molecule has 16 heteroatoms. The lowest BCUT2D eigenvalue weighted by Crippen LogP contribution is -2.66. The van der Waals surface area contributed by atoms with Crippen LogP contribution in [0, 0.1) is 0 Å². The van der Waals surface area contributed by atoms with Crippen LogP contribution >= 0.6 is 0 Å². The Labute approximate surface area is 139 Å². The molecule has 0 atom stereocenters. The van der Waals surface area contributed by atoms with Crippen molar-refractivity contribution in [2.75, 3.05) is 0 Å². The van der Waals surface area contributed by atoms with Gasteiger partial charge in [0.15, 0.2) is 5.66 Å². The van der Waals surface area contributed by atoms with Gasteiger partial charge in [-0.05, 0) is 18.1 Å². The number of nitrogens with zero attached hydrogens (tertiary/aromatic N) is 2.